The van der Waals surface area contributed by atoms with Gasteiger partial charge < -0.3 is 24.2 Å². The zero-order valence-electron chi connectivity index (χ0n) is 27.2. The molecule has 0 amide bonds. The molecule has 10 heteroatoms. The van der Waals surface area contributed by atoms with E-state index in [1.165, 1.54) is 12.1 Å². The molecule has 4 aromatic rings. The minimum absolute atomic E-state index is 0.270. The fourth-order valence-electron chi connectivity index (χ4n) is 6.20. The highest BCUT2D eigenvalue weighted by molar-refractivity contribution is 5.80. The number of aryl methyl sites for hydroxylation is 1. The van der Waals surface area contributed by atoms with Gasteiger partial charge in [0.25, 0.3) is 0 Å². The SMILES string of the molecule is Cc1nc2cc3nn2c(c1[C@H](OC(C)(C)C)C(=O)O)N1CCC(C)(CC1)OC/C=C/[C@H](C)Oc1ccc(F)cc1-c1cccc-3c1. The lowest BCUT2D eigenvalue weighted by Crippen LogP contribution is -2.45. The third-order valence-electron chi connectivity index (χ3n) is 8.54. The van der Waals surface area contributed by atoms with Crippen molar-refractivity contribution in [3.8, 4) is 28.1 Å². The first-order chi connectivity index (χ1) is 21.8. The summed E-state index contributed by atoms with van der Waals surface area (Å²) in [4.78, 5) is 19.8. The van der Waals surface area contributed by atoms with E-state index in [2.05, 4.69) is 11.8 Å². The summed E-state index contributed by atoms with van der Waals surface area (Å²) in [5.41, 5.74) is 3.37. The Morgan fingerprint density at radius 3 is 2.59 bits per heavy atom. The Kier molecular flexibility index (Phi) is 8.37. The predicted molar refractivity (Wildman–Crippen MR) is 175 cm³/mol. The van der Waals surface area contributed by atoms with E-state index in [1.807, 2.05) is 77.1 Å². The topological polar surface area (TPSA) is 98.4 Å². The Hall–Kier alpha value is -4.28. The van der Waals surface area contributed by atoms with Crippen LogP contribution in [-0.4, -0.2) is 62.7 Å². The third-order valence-corrected chi connectivity index (χ3v) is 8.54. The van der Waals surface area contributed by atoms with Crippen LogP contribution in [0.1, 0.15) is 64.8 Å². The Balaban J connectivity index is 1.56. The molecule has 1 saturated heterocycles. The van der Waals surface area contributed by atoms with Gasteiger partial charge in [0.15, 0.2) is 11.8 Å². The van der Waals surface area contributed by atoms with E-state index in [1.54, 1.807) is 10.6 Å². The van der Waals surface area contributed by atoms with E-state index in [9.17, 15) is 14.3 Å². The van der Waals surface area contributed by atoms with Crippen LogP contribution in [0.2, 0.25) is 0 Å². The lowest BCUT2D eigenvalue weighted by molar-refractivity contribution is -0.160. The van der Waals surface area contributed by atoms with Crippen LogP contribution in [0.3, 0.4) is 0 Å². The maximum atomic E-state index is 14.6. The van der Waals surface area contributed by atoms with Gasteiger partial charge in [-0.05, 0) is 90.3 Å². The number of carboxylic acid groups (broad SMARTS) is 1. The summed E-state index contributed by atoms with van der Waals surface area (Å²) in [5, 5.41) is 15.5. The largest absolute Gasteiger partial charge is 0.486 e. The van der Waals surface area contributed by atoms with Gasteiger partial charge >= 0.3 is 5.97 Å². The molecule has 242 valence electrons. The highest BCUT2D eigenvalue weighted by Gasteiger charge is 2.37. The number of benzene rings is 2. The molecule has 9 nitrogen and oxygen atoms in total. The summed E-state index contributed by atoms with van der Waals surface area (Å²) in [6.07, 6.45) is 3.83. The smallest absolute Gasteiger partial charge is 0.337 e. The van der Waals surface area contributed by atoms with E-state index in [0.717, 1.165) is 24.0 Å². The Labute approximate surface area is 268 Å². The van der Waals surface area contributed by atoms with E-state index in [0.29, 0.717) is 59.4 Å². The van der Waals surface area contributed by atoms with Crippen molar-refractivity contribution in [1.29, 1.82) is 0 Å². The number of rotatable bonds is 3. The van der Waals surface area contributed by atoms with Crippen molar-refractivity contribution in [2.45, 2.75) is 77.8 Å². The van der Waals surface area contributed by atoms with Crippen molar-refractivity contribution in [1.82, 2.24) is 14.6 Å². The van der Waals surface area contributed by atoms with Gasteiger partial charge in [-0.2, -0.15) is 9.61 Å². The highest BCUT2D eigenvalue weighted by Crippen LogP contribution is 2.39. The Morgan fingerprint density at radius 1 is 1.13 bits per heavy atom. The fraction of sp³-hybridized carbons (Fsp3) is 0.417. The summed E-state index contributed by atoms with van der Waals surface area (Å²) in [6, 6.07) is 14.1. The summed E-state index contributed by atoms with van der Waals surface area (Å²) in [7, 11) is 0. The second kappa shape index (κ2) is 12.1. The number of hydrogen-bond acceptors (Lipinski definition) is 7. The third kappa shape index (κ3) is 6.50. The predicted octanol–water partition coefficient (Wildman–Crippen LogP) is 7.16. The zero-order chi connectivity index (χ0) is 32.8. The number of carboxylic acids is 1. The molecule has 3 aliphatic rings. The minimum Gasteiger partial charge on any atom is -0.486 e. The number of carbonyl (C=O) groups is 1. The molecule has 0 radical (unpaired) electrons. The van der Waals surface area contributed by atoms with Crippen LogP contribution in [0.4, 0.5) is 10.2 Å². The zero-order valence-corrected chi connectivity index (χ0v) is 27.2. The number of anilines is 1. The second-order valence-electron chi connectivity index (χ2n) is 13.4. The van der Waals surface area contributed by atoms with Gasteiger partial charge in [-0.25, -0.2) is 14.2 Å². The molecule has 2 aromatic carbocycles. The van der Waals surface area contributed by atoms with E-state index in [-0.39, 0.29) is 17.5 Å². The molecule has 1 N–H and O–H groups in total. The molecule has 46 heavy (non-hydrogen) atoms. The monoisotopic (exact) mass is 628 g/mol. The quantitative estimate of drug-likeness (QED) is 0.239. The van der Waals surface area contributed by atoms with Crippen LogP contribution in [0, 0.1) is 12.7 Å². The average Bonchev–Trinajstić information content (AvgIpc) is 3.42. The van der Waals surface area contributed by atoms with Crippen molar-refractivity contribution >= 4 is 17.4 Å². The van der Waals surface area contributed by atoms with Crippen molar-refractivity contribution in [3.05, 3.63) is 77.8 Å². The number of aliphatic carboxylic acids is 1. The number of halogens is 1. The standard InChI is InChI=1S/C36H41FN4O5/c1-22-9-8-18-44-36(6)14-16-40(17-15-36)33-31(32(34(42)43)46-35(3,4)5)23(2)38-30-21-28(39-41(30)33)25-11-7-10-24(19-25)27-20-26(37)12-13-29(27)45-22/h7-13,19-22,32H,14-18H2,1-6H3,(H,42,43)/b9-8+/t22-,32-/m0/s1. The number of aromatic nitrogens is 3. The van der Waals surface area contributed by atoms with E-state index >= 15 is 0 Å². The molecular formula is C36H41FN4O5. The maximum Gasteiger partial charge on any atom is 0.337 e. The molecule has 7 rings (SSSR count). The lowest BCUT2D eigenvalue weighted by atomic mass is 9.92. The molecule has 0 saturated carbocycles. The van der Waals surface area contributed by atoms with Crippen LogP contribution in [-0.2, 0) is 14.3 Å². The second-order valence-corrected chi connectivity index (χ2v) is 13.4. The first-order valence-electron chi connectivity index (χ1n) is 15.7. The van der Waals surface area contributed by atoms with Crippen molar-refractivity contribution < 1.29 is 28.5 Å². The minimum atomic E-state index is -1.26. The molecule has 2 aromatic heterocycles. The number of hydrogen-bond donors (Lipinski definition) is 1. The van der Waals surface area contributed by atoms with E-state index in [4.69, 9.17) is 24.3 Å². The van der Waals surface area contributed by atoms with Crippen LogP contribution in [0.15, 0.2) is 60.7 Å². The van der Waals surface area contributed by atoms with Crippen LogP contribution >= 0.6 is 0 Å². The normalized spacial score (nSPS) is 21.6. The van der Waals surface area contributed by atoms with Gasteiger partial charge in [0.05, 0.1) is 29.1 Å². The van der Waals surface area contributed by atoms with Gasteiger partial charge in [-0.1, -0.05) is 24.3 Å². The molecule has 2 atom stereocenters. The van der Waals surface area contributed by atoms with Crippen LogP contribution in [0.25, 0.3) is 28.0 Å². The maximum absolute atomic E-state index is 14.6. The van der Waals surface area contributed by atoms with Crippen molar-refractivity contribution in [2.24, 2.45) is 0 Å². The number of nitrogens with zero attached hydrogens (tertiary/aromatic N) is 4. The average molecular weight is 629 g/mol. The molecule has 0 spiro atoms. The van der Waals surface area contributed by atoms with Gasteiger partial charge in [0.2, 0.25) is 0 Å². The van der Waals surface area contributed by atoms with Crippen molar-refractivity contribution in [3.63, 3.8) is 0 Å². The van der Waals surface area contributed by atoms with Gasteiger partial charge in [-0.3, -0.25) is 0 Å². The van der Waals surface area contributed by atoms with Gasteiger partial charge in [0.1, 0.15) is 23.5 Å². The van der Waals surface area contributed by atoms with Gasteiger partial charge in [-0.15, -0.1) is 0 Å². The Bertz CT molecular complexity index is 1800. The van der Waals surface area contributed by atoms with E-state index < -0.39 is 17.7 Å². The van der Waals surface area contributed by atoms with Crippen LogP contribution in [0.5, 0.6) is 5.75 Å². The van der Waals surface area contributed by atoms with Crippen molar-refractivity contribution in [2.75, 3.05) is 24.6 Å². The summed E-state index contributed by atoms with van der Waals surface area (Å²) >= 11 is 0. The summed E-state index contributed by atoms with van der Waals surface area (Å²) < 4.78 is 35.1. The molecule has 6 bridgehead atoms. The molecule has 0 unspecified atom stereocenters. The molecule has 0 aliphatic carbocycles. The molecule has 5 heterocycles. The molecule has 3 aliphatic heterocycles. The van der Waals surface area contributed by atoms with Crippen LogP contribution < -0.4 is 9.64 Å². The fourth-order valence-corrected chi connectivity index (χ4v) is 6.20. The molecule has 1 fully saturated rings. The first-order valence-corrected chi connectivity index (χ1v) is 15.7. The Morgan fingerprint density at radius 2 is 1.87 bits per heavy atom. The summed E-state index contributed by atoms with van der Waals surface area (Å²) in [5.74, 6) is -0.248. The number of fused-ring (bicyclic) bond motifs is 6. The first kappa shape index (κ1) is 31.7. The molecular weight excluding hydrogens is 587 g/mol. The summed E-state index contributed by atoms with van der Waals surface area (Å²) in [6.45, 7) is 13.1. The van der Waals surface area contributed by atoms with Gasteiger partial charge in [0, 0.05) is 36.0 Å². The number of piperidine rings is 1. The number of ether oxygens (including phenoxy) is 3. The lowest BCUT2D eigenvalue weighted by Gasteiger charge is -2.41. The highest BCUT2D eigenvalue weighted by atomic mass is 19.1.